The number of aryl methyl sites for hydroxylation is 1. The molecule has 0 amide bonds. The number of hydrogen-bond donors (Lipinski definition) is 0. The molecule has 2 rings (SSSR count). The van der Waals surface area contributed by atoms with Crippen LogP contribution in [0, 0.1) is 6.92 Å². The van der Waals surface area contributed by atoms with Crippen LogP contribution in [0.2, 0.25) is 0 Å². The van der Waals surface area contributed by atoms with E-state index in [1.54, 1.807) is 7.11 Å². The van der Waals surface area contributed by atoms with Crippen LogP contribution in [0.3, 0.4) is 0 Å². The Balaban J connectivity index is 2.16. The van der Waals surface area contributed by atoms with Crippen molar-refractivity contribution in [3.05, 3.63) is 59.2 Å². The number of para-hydroxylation sites is 1. The summed E-state index contributed by atoms with van der Waals surface area (Å²) in [4.78, 5) is 11.0. The van der Waals surface area contributed by atoms with Crippen LogP contribution in [0.5, 0.6) is 11.5 Å². The number of benzene rings is 2. The minimum absolute atomic E-state index is 0.369. The Hall–Kier alpha value is -2.29. The lowest BCUT2D eigenvalue weighted by Gasteiger charge is -2.11. The Morgan fingerprint density at radius 3 is 2.63 bits per heavy atom. The zero-order chi connectivity index (χ0) is 13.7. The maximum absolute atomic E-state index is 11.0. The molecule has 0 aliphatic rings. The summed E-state index contributed by atoms with van der Waals surface area (Å²) in [5.74, 6) is 1.37. The minimum atomic E-state index is 0.369. The molecule has 98 valence electrons. The predicted octanol–water partition coefficient (Wildman–Crippen LogP) is 3.40. The maximum Gasteiger partial charge on any atom is 0.153 e. The fourth-order valence-electron chi connectivity index (χ4n) is 1.87. The van der Waals surface area contributed by atoms with E-state index in [1.807, 2.05) is 49.4 Å². The van der Waals surface area contributed by atoms with Gasteiger partial charge in [0, 0.05) is 5.56 Å². The highest BCUT2D eigenvalue weighted by Gasteiger charge is 2.06. The molecule has 0 atom stereocenters. The number of methoxy groups -OCH3 is 1. The fourth-order valence-corrected chi connectivity index (χ4v) is 1.87. The average molecular weight is 256 g/mol. The third-order valence-corrected chi connectivity index (χ3v) is 2.87. The van der Waals surface area contributed by atoms with E-state index in [9.17, 15) is 4.79 Å². The monoisotopic (exact) mass is 256 g/mol. The van der Waals surface area contributed by atoms with Crippen molar-refractivity contribution in [2.24, 2.45) is 0 Å². The van der Waals surface area contributed by atoms with E-state index in [-0.39, 0.29) is 0 Å². The Morgan fingerprint density at radius 1 is 1.11 bits per heavy atom. The second kappa shape index (κ2) is 6.05. The summed E-state index contributed by atoms with van der Waals surface area (Å²) in [5.41, 5.74) is 2.55. The lowest BCUT2D eigenvalue weighted by Crippen LogP contribution is -2.00. The first kappa shape index (κ1) is 13.1. The van der Waals surface area contributed by atoms with Crippen LogP contribution in [-0.4, -0.2) is 13.4 Å². The molecule has 3 nitrogen and oxygen atoms in total. The molecule has 0 fully saturated rings. The molecule has 0 unspecified atom stereocenters. The van der Waals surface area contributed by atoms with Crippen LogP contribution in [0.15, 0.2) is 42.5 Å². The lowest BCUT2D eigenvalue weighted by molar-refractivity contribution is 0.111. The van der Waals surface area contributed by atoms with Crippen LogP contribution in [0.25, 0.3) is 0 Å². The summed E-state index contributed by atoms with van der Waals surface area (Å²) in [6.07, 6.45) is 0.810. The molecule has 0 saturated heterocycles. The zero-order valence-corrected chi connectivity index (χ0v) is 11.1. The SMILES string of the molecule is COc1ccccc1COc1ccc(C)cc1C=O. The molecule has 19 heavy (non-hydrogen) atoms. The molecule has 0 heterocycles. The average Bonchev–Trinajstić information content (AvgIpc) is 2.46. The van der Waals surface area contributed by atoms with Crippen LogP contribution in [0.4, 0.5) is 0 Å². The molecular weight excluding hydrogens is 240 g/mol. The predicted molar refractivity (Wildman–Crippen MR) is 73.9 cm³/mol. The van der Waals surface area contributed by atoms with Crippen molar-refractivity contribution in [3.8, 4) is 11.5 Å². The van der Waals surface area contributed by atoms with Gasteiger partial charge >= 0.3 is 0 Å². The summed E-state index contributed by atoms with van der Waals surface area (Å²) >= 11 is 0. The standard InChI is InChI=1S/C16H16O3/c1-12-7-8-16(14(9-12)10-17)19-11-13-5-3-4-6-15(13)18-2/h3-10H,11H2,1-2H3. The topological polar surface area (TPSA) is 35.5 Å². The van der Waals surface area contributed by atoms with Crippen molar-refractivity contribution >= 4 is 6.29 Å². The molecule has 0 aromatic heterocycles. The maximum atomic E-state index is 11.0. The summed E-state index contributed by atoms with van der Waals surface area (Å²) in [6.45, 7) is 2.31. The van der Waals surface area contributed by atoms with Gasteiger partial charge < -0.3 is 9.47 Å². The van der Waals surface area contributed by atoms with E-state index in [2.05, 4.69) is 0 Å². The number of ether oxygens (including phenoxy) is 2. The highest BCUT2D eigenvalue weighted by Crippen LogP contribution is 2.22. The Kier molecular flexibility index (Phi) is 4.18. The summed E-state index contributed by atoms with van der Waals surface area (Å²) in [7, 11) is 1.63. The third kappa shape index (κ3) is 3.13. The van der Waals surface area contributed by atoms with E-state index in [1.165, 1.54) is 0 Å². The number of hydrogen-bond acceptors (Lipinski definition) is 3. The smallest absolute Gasteiger partial charge is 0.153 e. The minimum Gasteiger partial charge on any atom is -0.496 e. The van der Waals surface area contributed by atoms with Gasteiger partial charge in [-0.25, -0.2) is 0 Å². The molecule has 0 saturated carbocycles. The largest absolute Gasteiger partial charge is 0.496 e. The Bertz CT molecular complexity index is 576. The van der Waals surface area contributed by atoms with E-state index in [4.69, 9.17) is 9.47 Å². The second-order valence-electron chi connectivity index (χ2n) is 4.26. The van der Waals surface area contributed by atoms with Gasteiger partial charge in [-0.1, -0.05) is 29.8 Å². The van der Waals surface area contributed by atoms with E-state index in [0.717, 1.165) is 23.2 Å². The fraction of sp³-hybridized carbons (Fsp3) is 0.188. The van der Waals surface area contributed by atoms with Crippen molar-refractivity contribution in [1.29, 1.82) is 0 Å². The molecule has 2 aromatic carbocycles. The summed E-state index contributed by atoms with van der Waals surface area (Å²) < 4.78 is 11.0. The van der Waals surface area contributed by atoms with Gasteiger partial charge in [-0.3, -0.25) is 4.79 Å². The number of aldehydes is 1. The first-order valence-electron chi connectivity index (χ1n) is 6.05. The van der Waals surface area contributed by atoms with Gasteiger partial charge in [0.1, 0.15) is 18.1 Å². The van der Waals surface area contributed by atoms with Crippen molar-refractivity contribution < 1.29 is 14.3 Å². The molecule has 2 aromatic rings. The van der Waals surface area contributed by atoms with Crippen LogP contribution >= 0.6 is 0 Å². The lowest BCUT2D eigenvalue weighted by atomic mass is 10.1. The Labute approximate surface area is 112 Å². The van der Waals surface area contributed by atoms with Gasteiger partial charge in [0.05, 0.1) is 12.7 Å². The van der Waals surface area contributed by atoms with Crippen molar-refractivity contribution in [3.63, 3.8) is 0 Å². The van der Waals surface area contributed by atoms with Crippen molar-refractivity contribution in [1.82, 2.24) is 0 Å². The summed E-state index contributed by atoms with van der Waals surface area (Å²) in [5, 5.41) is 0. The van der Waals surface area contributed by atoms with E-state index < -0.39 is 0 Å². The number of rotatable bonds is 5. The van der Waals surface area contributed by atoms with Crippen LogP contribution < -0.4 is 9.47 Å². The molecular formula is C16H16O3. The normalized spacial score (nSPS) is 10.0. The summed E-state index contributed by atoms with van der Waals surface area (Å²) in [6, 6.07) is 13.2. The van der Waals surface area contributed by atoms with E-state index in [0.29, 0.717) is 17.9 Å². The molecule has 0 radical (unpaired) electrons. The highest BCUT2D eigenvalue weighted by molar-refractivity contribution is 5.79. The molecule has 0 aliphatic carbocycles. The highest BCUT2D eigenvalue weighted by atomic mass is 16.5. The molecule has 0 aliphatic heterocycles. The molecule has 3 heteroatoms. The van der Waals surface area contributed by atoms with Gasteiger partial charge in [0.25, 0.3) is 0 Å². The van der Waals surface area contributed by atoms with Gasteiger partial charge in [-0.2, -0.15) is 0 Å². The first-order chi connectivity index (χ1) is 9.24. The number of carbonyl (C=O) groups is 1. The van der Waals surface area contributed by atoms with Crippen LogP contribution in [0.1, 0.15) is 21.5 Å². The third-order valence-electron chi connectivity index (χ3n) is 2.87. The van der Waals surface area contributed by atoms with Crippen molar-refractivity contribution in [2.45, 2.75) is 13.5 Å². The molecule has 0 bridgehead atoms. The number of carbonyl (C=O) groups excluding carboxylic acids is 1. The molecule has 0 N–H and O–H groups in total. The second-order valence-corrected chi connectivity index (χ2v) is 4.26. The van der Waals surface area contributed by atoms with Crippen molar-refractivity contribution in [2.75, 3.05) is 7.11 Å². The van der Waals surface area contributed by atoms with E-state index >= 15 is 0 Å². The van der Waals surface area contributed by atoms with Gasteiger partial charge in [-0.15, -0.1) is 0 Å². The quantitative estimate of drug-likeness (QED) is 0.769. The molecule has 0 spiro atoms. The Morgan fingerprint density at radius 2 is 1.89 bits per heavy atom. The van der Waals surface area contributed by atoms with Gasteiger partial charge in [0.2, 0.25) is 0 Å². The zero-order valence-electron chi connectivity index (χ0n) is 11.1. The first-order valence-corrected chi connectivity index (χ1v) is 6.05. The van der Waals surface area contributed by atoms with Gasteiger partial charge in [-0.05, 0) is 25.1 Å². The van der Waals surface area contributed by atoms with Crippen LogP contribution in [-0.2, 0) is 6.61 Å². The van der Waals surface area contributed by atoms with Gasteiger partial charge in [0.15, 0.2) is 6.29 Å².